The smallest absolute Gasteiger partial charge is 0.407 e. The fourth-order valence-electron chi connectivity index (χ4n) is 6.93. The van der Waals surface area contributed by atoms with Gasteiger partial charge in [-0.3, -0.25) is 14.3 Å². The third kappa shape index (κ3) is 9.32. The molecule has 0 bridgehead atoms. The molecule has 1 amide bonds. The van der Waals surface area contributed by atoms with Gasteiger partial charge in [-0.1, -0.05) is 40.5 Å². The topological polar surface area (TPSA) is 141 Å². The summed E-state index contributed by atoms with van der Waals surface area (Å²) in [6.07, 6.45) is 7.15. The van der Waals surface area contributed by atoms with E-state index in [-0.39, 0.29) is 30.2 Å². The van der Waals surface area contributed by atoms with Crippen molar-refractivity contribution in [2.75, 3.05) is 26.4 Å². The highest BCUT2D eigenvalue weighted by molar-refractivity contribution is 6.70. The zero-order valence-corrected chi connectivity index (χ0v) is 28.6. The van der Waals surface area contributed by atoms with Crippen LogP contribution >= 0.6 is 0 Å². The van der Waals surface area contributed by atoms with Crippen LogP contribution in [0.15, 0.2) is 15.8 Å². The number of hydrogen-bond donors (Lipinski definition) is 3. The van der Waals surface area contributed by atoms with Gasteiger partial charge in [0.15, 0.2) is 0 Å². The standard InChI is InChI=1S/C33H53N3O8Si/c1-22(2)45(23(3)4,43-21-29-28(37)18-30(44-29)36-19-24(5)31(38)35-32(36)39)42-17-13-9-8-12-16-34-33(40)41-20-27-25-14-10-6-7-11-15-26(25)27/h19,22-23,25-30,37H,8-18,20-21H2,1-5H3,(H,34,40)(H,35,38,39)/t25-,26+,27?,28-,29-,30-/m1/s1. The molecular weight excluding hydrogens is 594 g/mol. The highest BCUT2D eigenvalue weighted by Gasteiger charge is 2.49. The summed E-state index contributed by atoms with van der Waals surface area (Å²) < 4.78 is 26.0. The van der Waals surface area contributed by atoms with E-state index in [2.05, 4.69) is 49.8 Å². The summed E-state index contributed by atoms with van der Waals surface area (Å²) in [5, 5.41) is 13.6. The summed E-state index contributed by atoms with van der Waals surface area (Å²) in [6, 6.07) is 0. The zero-order chi connectivity index (χ0) is 32.6. The minimum Gasteiger partial charge on any atom is -0.449 e. The van der Waals surface area contributed by atoms with Crippen molar-refractivity contribution < 1.29 is 28.2 Å². The lowest BCUT2D eigenvalue weighted by atomic mass is 10.1. The summed E-state index contributed by atoms with van der Waals surface area (Å²) in [5.74, 6) is 8.28. The molecule has 0 spiro atoms. The molecule has 11 nitrogen and oxygen atoms in total. The molecule has 1 saturated carbocycles. The number of ether oxygens (including phenoxy) is 2. The van der Waals surface area contributed by atoms with Crippen molar-refractivity contribution in [1.29, 1.82) is 0 Å². The van der Waals surface area contributed by atoms with Gasteiger partial charge < -0.3 is 28.7 Å². The van der Waals surface area contributed by atoms with Crippen molar-refractivity contribution >= 4 is 14.7 Å². The van der Waals surface area contributed by atoms with Crippen LogP contribution in [0.25, 0.3) is 0 Å². The van der Waals surface area contributed by atoms with E-state index < -0.39 is 38.2 Å². The molecule has 1 aliphatic heterocycles. The average molecular weight is 648 g/mol. The van der Waals surface area contributed by atoms with Crippen LogP contribution in [0.4, 0.5) is 4.79 Å². The number of aryl methyl sites for hydroxylation is 1. The predicted octanol–water partition coefficient (Wildman–Crippen LogP) is 4.52. The molecule has 0 aromatic carbocycles. The summed E-state index contributed by atoms with van der Waals surface area (Å²) in [7, 11) is -2.68. The molecule has 2 fully saturated rings. The summed E-state index contributed by atoms with van der Waals surface area (Å²) in [6.45, 7) is 11.9. The van der Waals surface area contributed by atoms with E-state index in [1.165, 1.54) is 10.8 Å². The first kappa shape index (κ1) is 35.4. The number of aliphatic hydroxyl groups excluding tert-OH is 1. The minimum atomic E-state index is -2.68. The van der Waals surface area contributed by atoms with E-state index in [1.807, 2.05) is 0 Å². The molecule has 1 aromatic heterocycles. The summed E-state index contributed by atoms with van der Waals surface area (Å²) in [5.41, 5.74) is -0.254. The first-order valence-corrected chi connectivity index (χ1v) is 18.8. The van der Waals surface area contributed by atoms with Crippen LogP contribution in [-0.2, 0) is 18.3 Å². The second-order valence-electron chi connectivity index (χ2n) is 13.5. The van der Waals surface area contributed by atoms with E-state index in [9.17, 15) is 19.5 Å². The fraction of sp³-hybridized carbons (Fsp3) is 0.788. The Kier molecular flexibility index (Phi) is 12.9. The molecule has 1 saturated heterocycles. The van der Waals surface area contributed by atoms with E-state index in [4.69, 9.17) is 18.3 Å². The number of hydrogen-bond acceptors (Lipinski definition) is 8. The molecule has 45 heavy (non-hydrogen) atoms. The number of carbonyl (C=O) groups is 1. The lowest BCUT2D eigenvalue weighted by Crippen LogP contribution is -2.50. The molecule has 2 heterocycles. The van der Waals surface area contributed by atoms with Crippen molar-refractivity contribution in [3.63, 3.8) is 0 Å². The molecule has 12 heteroatoms. The Morgan fingerprint density at radius 3 is 2.40 bits per heavy atom. The number of alkyl carbamates (subject to hydrolysis) is 1. The Morgan fingerprint density at radius 2 is 1.73 bits per heavy atom. The molecule has 3 aliphatic rings. The van der Waals surface area contributed by atoms with Gasteiger partial charge in [0.25, 0.3) is 5.56 Å². The van der Waals surface area contributed by atoms with E-state index in [0.29, 0.717) is 43.1 Å². The third-order valence-electron chi connectivity index (χ3n) is 9.66. The number of nitrogens with one attached hydrogen (secondary N) is 2. The Labute approximate surface area is 268 Å². The Balaban J connectivity index is 1.13. The highest BCUT2D eigenvalue weighted by Crippen LogP contribution is 2.52. The van der Waals surface area contributed by atoms with Crippen LogP contribution in [0.1, 0.15) is 97.3 Å². The normalized spacial score (nSPS) is 26.1. The van der Waals surface area contributed by atoms with Crippen molar-refractivity contribution in [3.8, 4) is 11.8 Å². The Hall–Kier alpha value is -2.43. The lowest BCUT2D eigenvalue weighted by molar-refractivity contribution is -0.0489. The summed E-state index contributed by atoms with van der Waals surface area (Å²) in [4.78, 5) is 38.5. The van der Waals surface area contributed by atoms with Gasteiger partial charge in [0.1, 0.15) is 12.3 Å². The number of unbranched alkanes of at least 4 members (excludes halogenated alkanes) is 3. The van der Waals surface area contributed by atoms with E-state index in [1.54, 1.807) is 6.92 Å². The van der Waals surface area contributed by atoms with E-state index in [0.717, 1.165) is 51.4 Å². The van der Waals surface area contributed by atoms with Crippen LogP contribution < -0.4 is 16.6 Å². The van der Waals surface area contributed by atoms with Crippen LogP contribution in [0.5, 0.6) is 0 Å². The first-order valence-electron chi connectivity index (χ1n) is 16.8. The van der Waals surface area contributed by atoms with Crippen molar-refractivity contribution in [2.24, 2.45) is 17.8 Å². The number of aromatic amines is 1. The average Bonchev–Trinajstić information content (AvgIpc) is 3.47. The number of H-pyrrole nitrogens is 1. The van der Waals surface area contributed by atoms with Crippen LogP contribution in [0.3, 0.4) is 0 Å². The maximum Gasteiger partial charge on any atom is 0.407 e. The Morgan fingerprint density at radius 1 is 1.07 bits per heavy atom. The number of aromatic nitrogens is 2. The maximum atomic E-state index is 12.3. The third-order valence-corrected chi connectivity index (χ3v) is 14.1. The SMILES string of the molecule is Cc1cn([C@H]2C[C@@H](O)[C@@H](CO[Si](OCCCCCCNC(=O)OCC3[C@H]4CCC#CCC[C@@H]34)(C(C)C)C(C)C)O2)c(=O)[nH]c1=O. The molecule has 2 aliphatic carbocycles. The fourth-order valence-corrected chi connectivity index (χ4v) is 10.6. The maximum absolute atomic E-state index is 12.3. The molecule has 6 atom stereocenters. The highest BCUT2D eigenvalue weighted by atomic mass is 28.4. The number of aliphatic hydroxyl groups is 1. The summed E-state index contributed by atoms with van der Waals surface area (Å²) >= 11 is 0. The van der Waals surface area contributed by atoms with E-state index >= 15 is 0 Å². The zero-order valence-electron chi connectivity index (χ0n) is 27.6. The van der Waals surface area contributed by atoms with Crippen molar-refractivity contribution in [2.45, 2.75) is 122 Å². The molecule has 252 valence electrons. The first-order chi connectivity index (χ1) is 21.5. The quantitative estimate of drug-likeness (QED) is 0.135. The number of fused-ring (bicyclic) bond motifs is 1. The van der Waals surface area contributed by atoms with Gasteiger partial charge in [-0.05, 0) is 61.4 Å². The molecule has 0 radical (unpaired) electrons. The molecular formula is C33H53N3O8Si. The van der Waals surface area contributed by atoms with Crippen LogP contribution in [-0.4, -0.2) is 67.9 Å². The molecule has 1 aromatic rings. The van der Waals surface area contributed by atoms with Crippen molar-refractivity contribution in [3.05, 3.63) is 32.6 Å². The van der Waals surface area contributed by atoms with Gasteiger partial charge in [0, 0.05) is 44.2 Å². The largest absolute Gasteiger partial charge is 0.449 e. The lowest BCUT2D eigenvalue weighted by Gasteiger charge is -2.38. The predicted molar refractivity (Wildman–Crippen MR) is 173 cm³/mol. The van der Waals surface area contributed by atoms with Gasteiger partial charge in [-0.2, -0.15) is 0 Å². The van der Waals surface area contributed by atoms with Gasteiger partial charge in [-0.15, -0.1) is 11.8 Å². The second kappa shape index (κ2) is 16.4. The van der Waals surface area contributed by atoms with Crippen LogP contribution in [0.2, 0.25) is 11.1 Å². The molecule has 1 unspecified atom stereocenters. The number of nitrogens with zero attached hydrogens (tertiary/aromatic N) is 1. The molecule has 3 N–H and O–H groups in total. The Bertz CT molecular complexity index is 1280. The van der Waals surface area contributed by atoms with Crippen LogP contribution in [0, 0.1) is 36.5 Å². The number of amides is 1. The van der Waals surface area contributed by atoms with Crippen molar-refractivity contribution in [1.82, 2.24) is 14.9 Å². The van der Waals surface area contributed by atoms with Gasteiger partial charge in [0.2, 0.25) is 0 Å². The number of carbonyl (C=O) groups excluding carboxylic acids is 1. The molecule has 4 rings (SSSR count). The van der Waals surface area contributed by atoms with Gasteiger partial charge in [-0.25, -0.2) is 9.59 Å². The monoisotopic (exact) mass is 647 g/mol. The van der Waals surface area contributed by atoms with Gasteiger partial charge >= 0.3 is 20.3 Å². The minimum absolute atomic E-state index is 0.162. The second-order valence-corrected chi connectivity index (χ2v) is 17.8. The van der Waals surface area contributed by atoms with Gasteiger partial charge in [0.05, 0.1) is 19.3 Å². The number of rotatable bonds is 16.